The van der Waals surface area contributed by atoms with Gasteiger partial charge < -0.3 is 0 Å². The first-order valence-electron chi connectivity index (χ1n) is 8.81. The largest absolute Gasteiger partial charge is 0.294 e. The van der Waals surface area contributed by atoms with Gasteiger partial charge in [0, 0.05) is 36.8 Å². The second kappa shape index (κ2) is 6.71. The van der Waals surface area contributed by atoms with Gasteiger partial charge in [-0.05, 0) is 30.9 Å². The van der Waals surface area contributed by atoms with Crippen LogP contribution in [-0.2, 0) is 24.7 Å². The number of anilines is 1. The van der Waals surface area contributed by atoms with E-state index in [2.05, 4.69) is 20.4 Å². The standard InChI is InChI=1S/C20H21N5O/c1-13-11-21-20(23-18(13)14-6-4-3-5-7-14)24-19(26)15-8-9-16-12-22-25(2)17(16)10-15/h3-7,11-12,15H,8-10H2,1-2H3,(H,21,23,24,26). The quantitative estimate of drug-likeness (QED) is 0.791. The summed E-state index contributed by atoms with van der Waals surface area (Å²) in [5, 5.41) is 7.19. The zero-order chi connectivity index (χ0) is 18.1. The average Bonchev–Trinajstić information content (AvgIpc) is 3.04. The summed E-state index contributed by atoms with van der Waals surface area (Å²) < 4.78 is 1.87. The molecule has 0 saturated heterocycles. The summed E-state index contributed by atoms with van der Waals surface area (Å²) >= 11 is 0. The highest BCUT2D eigenvalue weighted by atomic mass is 16.2. The molecule has 4 rings (SSSR count). The minimum Gasteiger partial charge on any atom is -0.294 e. The Labute approximate surface area is 152 Å². The zero-order valence-electron chi connectivity index (χ0n) is 14.9. The lowest BCUT2D eigenvalue weighted by atomic mass is 9.87. The molecule has 26 heavy (non-hydrogen) atoms. The molecule has 1 unspecified atom stereocenters. The van der Waals surface area contributed by atoms with E-state index in [4.69, 9.17) is 0 Å². The molecule has 0 radical (unpaired) electrons. The number of nitrogens with zero attached hydrogens (tertiary/aromatic N) is 4. The van der Waals surface area contributed by atoms with E-state index in [1.54, 1.807) is 6.20 Å². The second-order valence-corrected chi connectivity index (χ2v) is 6.76. The summed E-state index contributed by atoms with van der Waals surface area (Å²) in [7, 11) is 1.92. The molecule has 1 aliphatic carbocycles. The maximum absolute atomic E-state index is 12.7. The SMILES string of the molecule is Cc1cnc(NC(=O)C2CCc3cnn(C)c3C2)nc1-c1ccccc1. The van der Waals surface area contributed by atoms with Gasteiger partial charge in [-0.2, -0.15) is 5.10 Å². The highest BCUT2D eigenvalue weighted by molar-refractivity contribution is 5.91. The van der Waals surface area contributed by atoms with Crippen molar-refractivity contribution in [3.05, 3.63) is 59.5 Å². The molecule has 0 spiro atoms. The fraction of sp³-hybridized carbons (Fsp3) is 0.300. The number of carbonyl (C=O) groups is 1. The van der Waals surface area contributed by atoms with Crippen LogP contribution in [0.5, 0.6) is 0 Å². The smallest absolute Gasteiger partial charge is 0.230 e. The first-order chi connectivity index (χ1) is 12.6. The van der Waals surface area contributed by atoms with E-state index in [1.807, 2.05) is 55.2 Å². The number of aromatic nitrogens is 4. The van der Waals surface area contributed by atoms with Crippen molar-refractivity contribution in [3.63, 3.8) is 0 Å². The number of benzene rings is 1. The van der Waals surface area contributed by atoms with Crippen LogP contribution in [0.4, 0.5) is 5.95 Å². The first kappa shape index (κ1) is 16.4. The Morgan fingerprint density at radius 3 is 2.85 bits per heavy atom. The summed E-state index contributed by atoms with van der Waals surface area (Å²) in [6, 6.07) is 9.93. The molecule has 0 saturated carbocycles. The molecule has 1 aromatic carbocycles. The Kier molecular flexibility index (Phi) is 4.24. The van der Waals surface area contributed by atoms with Crippen LogP contribution < -0.4 is 5.32 Å². The van der Waals surface area contributed by atoms with E-state index in [0.29, 0.717) is 12.4 Å². The predicted molar refractivity (Wildman–Crippen MR) is 99.6 cm³/mol. The highest BCUT2D eigenvalue weighted by Gasteiger charge is 2.27. The number of carbonyl (C=O) groups excluding carboxylic acids is 1. The number of hydrogen-bond acceptors (Lipinski definition) is 4. The van der Waals surface area contributed by atoms with Gasteiger partial charge in [-0.3, -0.25) is 14.8 Å². The Balaban J connectivity index is 1.53. The van der Waals surface area contributed by atoms with E-state index in [-0.39, 0.29) is 11.8 Å². The maximum atomic E-state index is 12.7. The van der Waals surface area contributed by atoms with Gasteiger partial charge in [0.1, 0.15) is 0 Å². The molecule has 6 heteroatoms. The van der Waals surface area contributed by atoms with Crippen LogP contribution in [0.25, 0.3) is 11.3 Å². The van der Waals surface area contributed by atoms with E-state index >= 15 is 0 Å². The molecule has 1 amide bonds. The molecule has 2 heterocycles. The normalized spacial score (nSPS) is 16.2. The lowest BCUT2D eigenvalue weighted by Gasteiger charge is -2.21. The molecule has 0 bridgehead atoms. The third kappa shape index (κ3) is 3.10. The molecule has 1 aliphatic rings. The summed E-state index contributed by atoms with van der Waals surface area (Å²) in [6.45, 7) is 1.97. The number of fused-ring (bicyclic) bond motifs is 1. The van der Waals surface area contributed by atoms with Crippen LogP contribution in [0.3, 0.4) is 0 Å². The Hall–Kier alpha value is -3.02. The molecule has 6 nitrogen and oxygen atoms in total. The van der Waals surface area contributed by atoms with Crippen LogP contribution in [0.15, 0.2) is 42.7 Å². The Bertz CT molecular complexity index is 948. The fourth-order valence-corrected chi connectivity index (χ4v) is 3.47. The monoisotopic (exact) mass is 347 g/mol. The number of rotatable bonds is 3. The second-order valence-electron chi connectivity index (χ2n) is 6.76. The highest BCUT2D eigenvalue weighted by Crippen LogP contribution is 2.26. The molecule has 2 aromatic heterocycles. The zero-order valence-corrected chi connectivity index (χ0v) is 14.9. The number of hydrogen-bond donors (Lipinski definition) is 1. The lowest BCUT2D eigenvalue weighted by molar-refractivity contribution is -0.120. The van der Waals surface area contributed by atoms with Crippen LogP contribution in [0.2, 0.25) is 0 Å². The maximum Gasteiger partial charge on any atom is 0.230 e. The van der Waals surface area contributed by atoms with Gasteiger partial charge in [0.15, 0.2) is 0 Å². The topological polar surface area (TPSA) is 72.7 Å². The van der Waals surface area contributed by atoms with Gasteiger partial charge >= 0.3 is 0 Å². The van der Waals surface area contributed by atoms with Crippen molar-refractivity contribution in [1.82, 2.24) is 19.7 Å². The van der Waals surface area contributed by atoms with E-state index in [1.165, 1.54) is 5.56 Å². The van der Waals surface area contributed by atoms with Gasteiger partial charge in [-0.25, -0.2) is 9.97 Å². The minimum absolute atomic E-state index is 0.0280. The Morgan fingerprint density at radius 2 is 2.04 bits per heavy atom. The number of nitrogens with one attached hydrogen (secondary N) is 1. The van der Waals surface area contributed by atoms with Crippen LogP contribution in [0, 0.1) is 12.8 Å². The molecular formula is C20H21N5O. The number of aryl methyl sites for hydroxylation is 3. The fourth-order valence-electron chi connectivity index (χ4n) is 3.47. The predicted octanol–water partition coefficient (Wildman–Crippen LogP) is 2.93. The van der Waals surface area contributed by atoms with Gasteiger partial charge in [0.2, 0.25) is 11.9 Å². The molecule has 0 fully saturated rings. The van der Waals surface area contributed by atoms with Crippen molar-refractivity contribution < 1.29 is 4.79 Å². The van der Waals surface area contributed by atoms with Crippen molar-refractivity contribution in [3.8, 4) is 11.3 Å². The van der Waals surface area contributed by atoms with Gasteiger partial charge in [-0.15, -0.1) is 0 Å². The van der Waals surface area contributed by atoms with E-state index < -0.39 is 0 Å². The minimum atomic E-state index is -0.0806. The average molecular weight is 347 g/mol. The molecular weight excluding hydrogens is 326 g/mol. The first-order valence-corrected chi connectivity index (χ1v) is 8.81. The van der Waals surface area contributed by atoms with Crippen LogP contribution in [0.1, 0.15) is 23.2 Å². The molecule has 1 N–H and O–H groups in total. The third-order valence-corrected chi connectivity index (χ3v) is 4.97. The summed E-state index contributed by atoms with van der Waals surface area (Å²) in [5.41, 5.74) is 5.22. The molecule has 132 valence electrons. The van der Waals surface area contributed by atoms with Crippen LogP contribution in [-0.4, -0.2) is 25.7 Å². The van der Waals surface area contributed by atoms with Crippen molar-refractivity contribution >= 4 is 11.9 Å². The van der Waals surface area contributed by atoms with Gasteiger partial charge in [-0.1, -0.05) is 30.3 Å². The van der Waals surface area contributed by atoms with Crippen molar-refractivity contribution in [2.45, 2.75) is 26.2 Å². The van der Waals surface area contributed by atoms with E-state index in [9.17, 15) is 4.79 Å². The summed E-state index contributed by atoms with van der Waals surface area (Å²) in [5.74, 6) is 0.248. The number of amides is 1. The van der Waals surface area contributed by atoms with Gasteiger partial charge in [0.05, 0.1) is 11.9 Å². The van der Waals surface area contributed by atoms with E-state index in [0.717, 1.165) is 35.4 Å². The lowest BCUT2D eigenvalue weighted by Crippen LogP contribution is -2.29. The Morgan fingerprint density at radius 1 is 1.23 bits per heavy atom. The summed E-state index contributed by atoms with van der Waals surface area (Å²) in [6.07, 6.45) is 6.06. The van der Waals surface area contributed by atoms with Crippen molar-refractivity contribution in [2.75, 3.05) is 5.32 Å². The van der Waals surface area contributed by atoms with Crippen molar-refractivity contribution in [2.24, 2.45) is 13.0 Å². The van der Waals surface area contributed by atoms with Gasteiger partial charge in [0.25, 0.3) is 0 Å². The summed E-state index contributed by atoms with van der Waals surface area (Å²) in [4.78, 5) is 21.6. The van der Waals surface area contributed by atoms with Crippen LogP contribution >= 0.6 is 0 Å². The third-order valence-electron chi connectivity index (χ3n) is 4.97. The molecule has 1 atom stereocenters. The van der Waals surface area contributed by atoms with Crippen molar-refractivity contribution in [1.29, 1.82) is 0 Å². The molecule has 3 aromatic rings. The molecule has 0 aliphatic heterocycles.